The van der Waals surface area contributed by atoms with E-state index in [2.05, 4.69) is 34.3 Å². The van der Waals surface area contributed by atoms with E-state index in [0.717, 1.165) is 52.2 Å². The van der Waals surface area contributed by atoms with Crippen molar-refractivity contribution in [3.8, 4) is 0 Å². The van der Waals surface area contributed by atoms with E-state index in [9.17, 15) is 0 Å². The predicted molar refractivity (Wildman–Crippen MR) is 102 cm³/mol. The van der Waals surface area contributed by atoms with E-state index >= 15 is 0 Å². The number of rotatable bonds is 10. The van der Waals surface area contributed by atoms with Crippen LogP contribution in [0.4, 0.5) is 0 Å². The van der Waals surface area contributed by atoms with Crippen molar-refractivity contribution in [2.75, 3.05) is 52.5 Å². The lowest BCUT2D eigenvalue weighted by molar-refractivity contribution is 0.0376. The molecule has 0 spiro atoms. The number of hydrogen-bond donors (Lipinski definition) is 2. The molecule has 0 bridgehead atoms. The number of aliphatic imine (C=N–C) groups is 1. The van der Waals surface area contributed by atoms with Crippen molar-refractivity contribution >= 4 is 5.96 Å². The maximum absolute atomic E-state index is 5.89. The Morgan fingerprint density at radius 2 is 2.04 bits per heavy atom. The van der Waals surface area contributed by atoms with Gasteiger partial charge in [0.1, 0.15) is 0 Å². The molecule has 2 rings (SSSR count). The Kier molecular flexibility index (Phi) is 9.33. The average Bonchev–Trinajstić information content (AvgIpc) is 2.66. The van der Waals surface area contributed by atoms with Crippen LogP contribution in [-0.2, 0) is 9.47 Å². The maximum atomic E-state index is 5.89. The summed E-state index contributed by atoms with van der Waals surface area (Å²) in [6.07, 6.45) is 2.04. The number of ether oxygens (including phenoxy) is 2. The molecule has 1 aliphatic heterocycles. The first kappa shape index (κ1) is 19.7. The summed E-state index contributed by atoms with van der Waals surface area (Å²) < 4.78 is 11.2. The van der Waals surface area contributed by atoms with E-state index in [1.54, 1.807) is 0 Å². The van der Waals surface area contributed by atoms with Gasteiger partial charge in [0.15, 0.2) is 5.96 Å². The Labute approximate surface area is 151 Å². The van der Waals surface area contributed by atoms with Crippen molar-refractivity contribution in [1.29, 1.82) is 0 Å². The second-order valence-corrected chi connectivity index (χ2v) is 6.28. The zero-order valence-electron chi connectivity index (χ0n) is 15.3. The van der Waals surface area contributed by atoms with E-state index in [-0.39, 0.29) is 6.10 Å². The largest absolute Gasteiger partial charge is 0.379 e. The van der Waals surface area contributed by atoms with Gasteiger partial charge in [-0.2, -0.15) is 0 Å². The number of benzene rings is 1. The summed E-state index contributed by atoms with van der Waals surface area (Å²) in [4.78, 5) is 6.77. The molecule has 1 aliphatic rings. The van der Waals surface area contributed by atoms with Gasteiger partial charge in [0, 0.05) is 32.8 Å². The van der Waals surface area contributed by atoms with E-state index < -0.39 is 0 Å². The van der Waals surface area contributed by atoms with Crippen LogP contribution >= 0.6 is 0 Å². The van der Waals surface area contributed by atoms with E-state index in [1.165, 1.54) is 5.56 Å². The first-order chi connectivity index (χ1) is 12.3. The highest BCUT2D eigenvalue weighted by atomic mass is 16.5. The van der Waals surface area contributed by atoms with Crippen LogP contribution in [0, 0.1) is 0 Å². The Morgan fingerprint density at radius 1 is 1.28 bits per heavy atom. The summed E-state index contributed by atoms with van der Waals surface area (Å²) in [5.74, 6) is 0.526. The highest BCUT2D eigenvalue weighted by Gasteiger charge is 2.09. The molecule has 1 fully saturated rings. The van der Waals surface area contributed by atoms with Gasteiger partial charge in [0.25, 0.3) is 0 Å². The van der Waals surface area contributed by atoms with E-state index in [1.807, 2.05) is 18.2 Å². The molecular formula is C19H32N4O2. The first-order valence-corrected chi connectivity index (χ1v) is 9.26. The molecule has 0 amide bonds. The molecule has 1 aromatic rings. The third-order valence-electron chi connectivity index (χ3n) is 4.28. The fraction of sp³-hybridized carbons (Fsp3) is 0.632. The average molecular weight is 348 g/mol. The van der Waals surface area contributed by atoms with Gasteiger partial charge >= 0.3 is 0 Å². The van der Waals surface area contributed by atoms with Crippen molar-refractivity contribution < 1.29 is 9.47 Å². The molecule has 1 unspecified atom stereocenters. The fourth-order valence-corrected chi connectivity index (χ4v) is 2.74. The molecule has 0 aromatic heterocycles. The van der Waals surface area contributed by atoms with Crippen molar-refractivity contribution in [3.63, 3.8) is 0 Å². The number of guanidine groups is 1. The van der Waals surface area contributed by atoms with Crippen LogP contribution in [0.15, 0.2) is 35.3 Å². The Hall–Kier alpha value is -1.63. The van der Waals surface area contributed by atoms with Gasteiger partial charge in [-0.1, -0.05) is 30.3 Å². The fourth-order valence-electron chi connectivity index (χ4n) is 2.74. The number of nitrogens with zero attached hydrogens (tertiary/aromatic N) is 2. The SMILES string of the molecule is CC(OCCCN=C(N)NCCCN1CCOCC1)c1ccccc1. The summed E-state index contributed by atoms with van der Waals surface area (Å²) in [6.45, 7) is 9.14. The monoisotopic (exact) mass is 348 g/mol. The normalized spacial score (nSPS) is 17.4. The molecular weight excluding hydrogens is 316 g/mol. The minimum Gasteiger partial charge on any atom is -0.379 e. The number of hydrogen-bond acceptors (Lipinski definition) is 4. The highest BCUT2D eigenvalue weighted by Crippen LogP contribution is 2.15. The lowest BCUT2D eigenvalue weighted by atomic mass is 10.1. The molecule has 0 radical (unpaired) electrons. The van der Waals surface area contributed by atoms with E-state index in [4.69, 9.17) is 15.2 Å². The summed E-state index contributed by atoms with van der Waals surface area (Å²) in [5.41, 5.74) is 7.09. The topological polar surface area (TPSA) is 72.1 Å². The highest BCUT2D eigenvalue weighted by molar-refractivity contribution is 5.77. The smallest absolute Gasteiger partial charge is 0.188 e. The predicted octanol–water partition coefficient (Wildman–Crippen LogP) is 1.78. The van der Waals surface area contributed by atoms with Gasteiger partial charge in [-0.25, -0.2) is 0 Å². The van der Waals surface area contributed by atoms with E-state index in [0.29, 0.717) is 19.1 Å². The lowest BCUT2D eigenvalue weighted by Crippen LogP contribution is -2.39. The molecule has 1 atom stereocenters. The minimum atomic E-state index is 0.112. The Balaban J connectivity index is 1.48. The van der Waals surface area contributed by atoms with Crippen LogP contribution in [0.1, 0.15) is 31.4 Å². The van der Waals surface area contributed by atoms with Gasteiger partial charge in [0.05, 0.1) is 19.3 Å². The standard InChI is InChI=1S/C19H32N4O2/c1-17(18-7-3-2-4-8-18)25-14-6-10-22-19(20)21-9-5-11-23-12-15-24-16-13-23/h2-4,7-8,17H,5-6,9-16H2,1H3,(H3,20,21,22). The number of nitrogens with two attached hydrogens (primary N) is 1. The van der Waals surface area contributed by atoms with Crippen LogP contribution in [0.25, 0.3) is 0 Å². The molecule has 1 aromatic carbocycles. The van der Waals surface area contributed by atoms with Crippen molar-refractivity contribution in [2.24, 2.45) is 10.7 Å². The maximum Gasteiger partial charge on any atom is 0.188 e. The molecule has 1 saturated heterocycles. The quantitative estimate of drug-likeness (QED) is 0.383. The van der Waals surface area contributed by atoms with Crippen LogP contribution < -0.4 is 11.1 Å². The van der Waals surface area contributed by atoms with Gasteiger partial charge in [0.2, 0.25) is 0 Å². The summed E-state index contributed by atoms with van der Waals surface area (Å²) in [7, 11) is 0. The lowest BCUT2D eigenvalue weighted by Gasteiger charge is -2.26. The molecule has 0 saturated carbocycles. The zero-order chi connectivity index (χ0) is 17.7. The summed E-state index contributed by atoms with van der Waals surface area (Å²) in [5, 5.41) is 3.18. The first-order valence-electron chi connectivity index (χ1n) is 9.26. The molecule has 3 N–H and O–H groups in total. The Bertz CT molecular complexity index is 489. The second-order valence-electron chi connectivity index (χ2n) is 6.28. The zero-order valence-corrected chi connectivity index (χ0v) is 15.3. The molecule has 0 aliphatic carbocycles. The molecule has 1 heterocycles. The van der Waals surface area contributed by atoms with Gasteiger partial charge < -0.3 is 20.5 Å². The van der Waals surface area contributed by atoms with Crippen LogP contribution in [0.2, 0.25) is 0 Å². The van der Waals surface area contributed by atoms with Gasteiger partial charge in [-0.3, -0.25) is 9.89 Å². The Morgan fingerprint density at radius 3 is 2.80 bits per heavy atom. The third kappa shape index (κ3) is 8.34. The number of nitrogens with one attached hydrogen (secondary N) is 1. The number of morpholine rings is 1. The van der Waals surface area contributed by atoms with Gasteiger partial charge in [-0.15, -0.1) is 0 Å². The van der Waals surface area contributed by atoms with Crippen molar-refractivity contribution in [3.05, 3.63) is 35.9 Å². The van der Waals surface area contributed by atoms with Crippen LogP contribution in [0.5, 0.6) is 0 Å². The second kappa shape index (κ2) is 11.8. The van der Waals surface area contributed by atoms with Crippen molar-refractivity contribution in [1.82, 2.24) is 10.2 Å². The van der Waals surface area contributed by atoms with Gasteiger partial charge in [-0.05, 0) is 31.9 Å². The summed E-state index contributed by atoms with van der Waals surface area (Å²) >= 11 is 0. The van der Waals surface area contributed by atoms with Crippen LogP contribution in [-0.4, -0.2) is 63.4 Å². The van der Waals surface area contributed by atoms with Crippen LogP contribution in [0.3, 0.4) is 0 Å². The summed E-state index contributed by atoms with van der Waals surface area (Å²) in [6, 6.07) is 10.3. The third-order valence-corrected chi connectivity index (χ3v) is 4.28. The molecule has 140 valence electrons. The molecule has 25 heavy (non-hydrogen) atoms. The van der Waals surface area contributed by atoms with Crippen molar-refractivity contribution in [2.45, 2.75) is 25.9 Å². The minimum absolute atomic E-state index is 0.112. The molecule has 6 nitrogen and oxygen atoms in total. The molecule has 6 heteroatoms.